The van der Waals surface area contributed by atoms with Gasteiger partial charge in [0, 0.05) is 24.2 Å². The third-order valence-electron chi connectivity index (χ3n) is 2.58. The number of hydrogen-bond acceptors (Lipinski definition) is 2. The first kappa shape index (κ1) is 11.6. The quantitative estimate of drug-likeness (QED) is 0.428. The number of aliphatic imine (C=N–C) groups is 1. The molecule has 2 heterocycles. The van der Waals surface area contributed by atoms with Gasteiger partial charge in [-0.1, -0.05) is 17.7 Å². The molecule has 1 aromatic heterocycles. The van der Waals surface area contributed by atoms with E-state index >= 15 is 0 Å². The van der Waals surface area contributed by atoms with Crippen LogP contribution in [0, 0.1) is 0 Å². The highest BCUT2D eigenvalue weighted by atomic mass is 35.5. The van der Waals surface area contributed by atoms with E-state index in [0.717, 1.165) is 11.1 Å². The Morgan fingerprint density at radius 2 is 1.81 bits per heavy atom. The van der Waals surface area contributed by atoms with Crippen molar-refractivity contribution in [2.75, 3.05) is 0 Å². The molecule has 0 saturated heterocycles. The topological polar surface area (TPSA) is 25.2 Å². The molecule has 4 heteroatoms. The average Bonchev–Trinajstić information content (AvgIpc) is 2.25. The van der Waals surface area contributed by atoms with E-state index in [4.69, 9.17) is 23.2 Å². The van der Waals surface area contributed by atoms with Gasteiger partial charge in [0.2, 0.25) is 0 Å². The van der Waals surface area contributed by atoms with Crippen LogP contribution in [0.25, 0.3) is 0 Å². The molecule has 0 N–H and O–H groups in total. The predicted octanol–water partition coefficient (Wildman–Crippen LogP) is 3.50. The molecule has 2 rings (SSSR count). The Kier molecular flexibility index (Phi) is 2.81. The van der Waals surface area contributed by atoms with Crippen molar-refractivity contribution in [3.8, 4) is 0 Å². The Morgan fingerprint density at radius 3 is 2.38 bits per heavy atom. The molecule has 0 saturated carbocycles. The van der Waals surface area contributed by atoms with Gasteiger partial charge in [-0.15, -0.1) is 11.6 Å². The van der Waals surface area contributed by atoms with Crippen molar-refractivity contribution in [3.05, 3.63) is 41.7 Å². The Hall–Kier alpha value is -0.860. The molecule has 2 atom stereocenters. The van der Waals surface area contributed by atoms with E-state index in [1.807, 2.05) is 32.1 Å². The fraction of sp³-hybridized carbons (Fsp3) is 0.333. The smallest absolute Gasteiger partial charge is 0.179 e. The number of rotatable bonds is 1. The molecule has 0 spiro atoms. The highest BCUT2D eigenvalue weighted by molar-refractivity contribution is 6.35. The van der Waals surface area contributed by atoms with Crippen LogP contribution < -0.4 is 0 Å². The van der Waals surface area contributed by atoms with Crippen LogP contribution >= 0.6 is 23.2 Å². The van der Waals surface area contributed by atoms with E-state index in [2.05, 4.69) is 9.98 Å². The molecule has 1 aliphatic rings. The molecular weight excluding hydrogens is 243 g/mol. The first-order valence-electron chi connectivity index (χ1n) is 4.99. The van der Waals surface area contributed by atoms with E-state index in [1.54, 1.807) is 18.6 Å². The number of hydrogen-bond donors (Lipinski definition) is 0. The average molecular weight is 255 g/mol. The molecule has 16 heavy (non-hydrogen) atoms. The van der Waals surface area contributed by atoms with Gasteiger partial charge < -0.3 is 0 Å². The summed E-state index contributed by atoms with van der Waals surface area (Å²) in [7, 11) is 0. The summed E-state index contributed by atoms with van der Waals surface area (Å²) in [4.78, 5) is 6.96. The molecule has 1 aliphatic heterocycles. The van der Waals surface area contributed by atoms with Crippen molar-refractivity contribution in [2.24, 2.45) is 4.99 Å². The summed E-state index contributed by atoms with van der Waals surface area (Å²) in [5.41, 5.74) is 1.83. The van der Waals surface area contributed by atoms with Crippen LogP contribution in [0.5, 0.6) is 0 Å². The molecule has 0 bridgehead atoms. The van der Waals surface area contributed by atoms with Crippen LogP contribution in [0.15, 0.2) is 41.2 Å². The molecule has 2 nitrogen and oxygen atoms in total. The minimum Gasteiger partial charge on any atom is -0.265 e. The highest BCUT2D eigenvalue weighted by Gasteiger charge is 2.36. The van der Waals surface area contributed by atoms with Gasteiger partial charge in [-0.2, -0.15) is 0 Å². The number of alkyl halides is 2. The van der Waals surface area contributed by atoms with Gasteiger partial charge in [-0.25, -0.2) is 0 Å². The number of nitrogens with zero attached hydrogens (tertiary/aromatic N) is 2. The third-order valence-corrected chi connectivity index (χ3v) is 3.40. The van der Waals surface area contributed by atoms with E-state index < -0.39 is 9.87 Å². The van der Waals surface area contributed by atoms with Crippen molar-refractivity contribution >= 4 is 29.4 Å². The number of allylic oxidation sites excluding steroid dienone is 1. The predicted molar refractivity (Wildman–Crippen MR) is 68.3 cm³/mol. The maximum Gasteiger partial charge on any atom is 0.179 e. The number of dihydropyridines is 1. The van der Waals surface area contributed by atoms with E-state index in [1.165, 1.54) is 0 Å². The van der Waals surface area contributed by atoms with E-state index in [-0.39, 0.29) is 0 Å². The zero-order valence-corrected chi connectivity index (χ0v) is 10.6. The van der Waals surface area contributed by atoms with Gasteiger partial charge >= 0.3 is 0 Å². The molecule has 84 valence electrons. The summed E-state index contributed by atoms with van der Waals surface area (Å²) in [6.07, 6.45) is 7.01. The van der Waals surface area contributed by atoms with Crippen LogP contribution in [0.4, 0.5) is 0 Å². The lowest BCUT2D eigenvalue weighted by atomic mass is 9.94. The Bertz CT molecular complexity index is 451. The highest BCUT2D eigenvalue weighted by Crippen LogP contribution is 2.42. The lowest BCUT2D eigenvalue weighted by molar-refractivity contribution is 0.724. The second-order valence-electron chi connectivity index (χ2n) is 4.09. The molecule has 2 unspecified atom stereocenters. The summed E-state index contributed by atoms with van der Waals surface area (Å²) in [5, 5.41) is 0. The second-order valence-corrected chi connectivity index (χ2v) is 5.46. The summed E-state index contributed by atoms with van der Waals surface area (Å²) in [6.45, 7) is 3.81. The fourth-order valence-electron chi connectivity index (χ4n) is 1.75. The summed E-state index contributed by atoms with van der Waals surface area (Å²) in [6, 6.07) is 3.72. The second kappa shape index (κ2) is 3.86. The Morgan fingerprint density at radius 1 is 1.19 bits per heavy atom. The SMILES string of the molecule is CC1=CC(C)(Cl)C=NC1(Cl)c1ccncc1. The van der Waals surface area contributed by atoms with Crippen molar-refractivity contribution in [2.45, 2.75) is 23.7 Å². The van der Waals surface area contributed by atoms with Gasteiger partial charge in [0.1, 0.15) is 0 Å². The van der Waals surface area contributed by atoms with E-state index in [0.29, 0.717) is 0 Å². The van der Waals surface area contributed by atoms with Crippen LogP contribution in [-0.2, 0) is 5.00 Å². The maximum atomic E-state index is 6.53. The monoisotopic (exact) mass is 254 g/mol. The minimum absolute atomic E-state index is 0.546. The molecule has 0 amide bonds. The van der Waals surface area contributed by atoms with Crippen LogP contribution in [-0.4, -0.2) is 16.1 Å². The van der Waals surface area contributed by atoms with Crippen molar-refractivity contribution in [3.63, 3.8) is 0 Å². The van der Waals surface area contributed by atoms with Crippen LogP contribution in [0.1, 0.15) is 19.4 Å². The van der Waals surface area contributed by atoms with Crippen molar-refractivity contribution < 1.29 is 0 Å². The van der Waals surface area contributed by atoms with Crippen LogP contribution in [0.2, 0.25) is 0 Å². The van der Waals surface area contributed by atoms with Gasteiger partial charge in [-0.05, 0) is 31.6 Å². The fourth-order valence-corrected chi connectivity index (χ4v) is 2.19. The molecule has 0 aromatic carbocycles. The summed E-state index contributed by atoms with van der Waals surface area (Å²) in [5.74, 6) is 0. The Labute approximate surface area is 105 Å². The minimum atomic E-state index is -0.836. The number of pyridine rings is 1. The normalized spacial score (nSPS) is 33.6. The van der Waals surface area contributed by atoms with Gasteiger partial charge in [0.25, 0.3) is 0 Å². The maximum absolute atomic E-state index is 6.53. The largest absolute Gasteiger partial charge is 0.265 e. The zero-order valence-electron chi connectivity index (χ0n) is 9.11. The van der Waals surface area contributed by atoms with Crippen LogP contribution in [0.3, 0.4) is 0 Å². The summed E-state index contributed by atoms with van der Waals surface area (Å²) >= 11 is 12.7. The van der Waals surface area contributed by atoms with Crippen molar-refractivity contribution in [1.29, 1.82) is 0 Å². The van der Waals surface area contributed by atoms with Gasteiger partial charge in [-0.3, -0.25) is 9.98 Å². The standard InChI is InChI=1S/C12H12Cl2N2/c1-9-7-11(2,13)8-16-12(9,14)10-3-5-15-6-4-10/h3-8H,1-2H3. The van der Waals surface area contributed by atoms with E-state index in [9.17, 15) is 0 Å². The Balaban J connectivity index is 2.46. The molecule has 0 aliphatic carbocycles. The lowest BCUT2D eigenvalue weighted by Crippen LogP contribution is -2.29. The number of halogens is 2. The first-order chi connectivity index (χ1) is 7.44. The molecular formula is C12H12Cl2N2. The lowest BCUT2D eigenvalue weighted by Gasteiger charge is -2.31. The van der Waals surface area contributed by atoms with Crippen molar-refractivity contribution in [1.82, 2.24) is 4.98 Å². The third kappa shape index (κ3) is 2.00. The van der Waals surface area contributed by atoms with Gasteiger partial charge in [0.05, 0.1) is 4.87 Å². The molecule has 1 aromatic rings. The number of aromatic nitrogens is 1. The summed E-state index contributed by atoms with van der Waals surface area (Å²) < 4.78 is 0. The molecule has 0 radical (unpaired) electrons. The first-order valence-corrected chi connectivity index (χ1v) is 5.74. The molecule has 0 fully saturated rings. The zero-order chi connectivity index (χ0) is 11.8. The van der Waals surface area contributed by atoms with Gasteiger partial charge in [0.15, 0.2) is 5.00 Å².